The fourth-order valence-electron chi connectivity index (χ4n) is 5.31. The lowest BCUT2D eigenvalue weighted by Gasteiger charge is -2.55. The Morgan fingerprint density at radius 2 is 1.97 bits per heavy atom. The third-order valence-electron chi connectivity index (χ3n) is 6.90. The van der Waals surface area contributed by atoms with Gasteiger partial charge in [-0.3, -0.25) is 9.79 Å². The molecule has 1 aromatic heterocycles. The predicted octanol–water partition coefficient (Wildman–Crippen LogP) is 2.74. The number of nitrogens with one attached hydrogen (secondary N) is 1. The van der Waals surface area contributed by atoms with Crippen LogP contribution in [0.25, 0.3) is 0 Å². The first kappa shape index (κ1) is 20.3. The number of hydrogen-bond donors (Lipinski definition) is 1. The molecule has 0 radical (unpaired) electrons. The molecule has 0 aromatic carbocycles. The minimum atomic E-state index is -0.0277. The molecule has 1 N–H and O–H groups in total. The molecule has 2 heterocycles. The fourth-order valence-corrected chi connectivity index (χ4v) is 5.31. The van der Waals surface area contributed by atoms with Gasteiger partial charge in [0.05, 0.1) is 12.4 Å². The number of carbonyl (C=O) groups excluding carboxylic acids is 1. The van der Waals surface area contributed by atoms with Gasteiger partial charge in [-0.2, -0.15) is 0 Å². The Morgan fingerprint density at radius 3 is 2.59 bits per heavy atom. The van der Waals surface area contributed by atoms with Crippen LogP contribution in [0.2, 0.25) is 0 Å². The van der Waals surface area contributed by atoms with Gasteiger partial charge in [-0.15, -0.1) is 0 Å². The molecule has 3 aliphatic rings. The zero-order valence-corrected chi connectivity index (χ0v) is 17.7. The van der Waals surface area contributed by atoms with Crippen molar-refractivity contribution >= 4 is 11.9 Å². The normalized spacial score (nSPS) is 26.6. The molecule has 2 saturated carbocycles. The van der Waals surface area contributed by atoms with Gasteiger partial charge in [0.15, 0.2) is 11.7 Å². The molecule has 4 rings (SSSR count). The monoisotopic (exact) mass is 402 g/mol. The van der Waals surface area contributed by atoms with Crippen LogP contribution in [0, 0.1) is 5.41 Å². The van der Waals surface area contributed by atoms with Crippen molar-refractivity contribution in [3.05, 3.63) is 24.2 Å². The first-order chi connectivity index (χ1) is 14.2. The Labute approximate surface area is 173 Å². The molecule has 1 aliphatic heterocycles. The van der Waals surface area contributed by atoms with Gasteiger partial charge < -0.3 is 24.3 Å². The van der Waals surface area contributed by atoms with E-state index in [1.807, 2.05) is 4.90 Å². The highest BCUT2D eigenvalue weighted by Crippen LogP contribution is 2.54. The molecule has 0 bridgehead atoms. The van der Waals surface area contributed by atoms with Gasteiger partial charge in [-0.05, 0) is 45.2 Å². The highest BCUT2D eigenvalue weighted by Gasteiger charge is 2.57. The second-order valence-electron chi connectivity index (χ2n) is 8.37. The Bertz CT molecular complexity index is 704. The number of guanidine groups is 1. The maximum atomic E-state index is 12.5. The van der Waals surface area contributed by atoms with E-state index in [2.05, 4.69) is 24.1 Å². The summed E-state index contributed by atoms with van der Waals surface area (Å²) in [6.07, 6.45) is 8.10. The quantitative estimate of drug-likeness (QED) is 0.606. The average Bonchev–Trinajstić information content (AvgIpc) is 3.45. The number of amides is 1. The average molecular weight is 403 g/mol. The molecule has 2 aliphatic carbocycles. The second kappa shape index (κ2) is 8.78. The number of hydrogen-bond acceptors (Lipinski definition) is 4. The maximum absolute atomic E-state index is 12.5. The van der Waals surface area contributed by atoms with Crippen LogP contribution < -0.4 is 5.32 Å². The largest absolute Gasteiger partial charge is 0.459 e. The summed E-state index contributed by atoms with van der Waals surface area (Å²) in [5.74, 6) is 1.38. The molecular formula is C22H34N4O3. The van der Waals surface area contributed by atoms with E-state index in [0.29, 0.717) is 31.0 Å². The van der Waals surface area contributed by atoms with E-state index in [1.54, 1.807) is 18.4 Å². The zero-order valence-electron chi connectivity index (χ0n) is 17.7. The lowest BCUT2D eigenvalue weighted by Crippen LogP contribution is -2.66. The van der Waals surface area contributed by atoms with Crippen molar-refractivity contribution in [2.75, 3.05) is 39.3 Å². The maximum Gasteiger partial charge on any atom is 0.289 e. The smallest absolute Gasteiger partial charge is 0.289 e. The first-order valence-corrected chi connectivity index (χ1v) is 11.2. The van der Waals surface area contributed by atoms with Crippen molar-refractivity contribution in [2.24, 2.45) is 10.4 Å². The van der Waals surface area contributed by atoms with Crippen molar-refractivity contribution in [1.82, 2.24) is 15.1 Å². The SMILES string of the molecule is CCN=C(NC1CC(OCC)C12CCCC2)N1CCN(C(=O)c2ccco2)CC1. The molecule has 7 nitrogen and oxygen atoms in total. The number of aliphatic imine (C=N–C) groups is 1. The molecule has 3 fully saturated rings. The third-order valence-corrected chi connectivity index (χ3v) is 6.90. The molecule has 29 heavy (non-hydrogen) atoms. The molecule has 7 heteroatoms. The summed E-state index contributed by atoms with van der Waals surface area (Å²) in [5, 5.41) is 3.79. The Kier molecular flexibility index (Phi) is 6.13. The minimum Gasteiger partial charge on any atom is -0.459 e. The van der Waals surface area contributed by atoms with Crippen LogP contribution in [0.3, 0.4) is 0 Å². The standard InChI is InChI=1S/C22H34N4O3/c1-3-23-21(24-18-16-19(28-4-2)22(18)9-5-6-10-22)26-13-11-25(12-14-26)20(27)17-8-7-15-29-17/h7-8,15,18-19H,3-6,9-14,16H2,1-2H3,(H,23,24). The topological polar surface area (TPSA) is 70.3 Å². The Morgan fingerprint density at radius 1 is 1.24 bits per heavy atom. The first-order valence-electron chi connectivity index (χ1n) is 11.2. The molecule has 2 unspecified atom stereocenters. The number of carbonyl (C=O) groups is 1. The number of ether oxygens (including phenoxy) is 1. The number of piperazine rings is 1. The van der Waals surface area contributed by atoms with Gasteiger partial charge in [0.2, 0.25) is 0 Å². The number of rotatable bonds is 5. The summed E-state index contributed by atoms with van der Waals surface area (Å²) in [4.78, 5) is 21.5. The van der Waals surface area contributed by atoms with Crippen LogP contribution >= 0.6 is 0 Å². The zero-order chi connectivity index (χ0) is 20.3. The fraction of sp³-hybridized carbons (Fsp3) is 0.727. The molecule has 1 saturated heterocycles. The van der Waals surface area contributed by atoms with E-state index in [1.165, 1.54) is 25.7 Å². The van der Waals surface area contributed by atoms with Gasteiger partial charge in [0, 0.05) is 50.8 Å². The highest BCUT2D eigenvalue weighted by atomic mass is 16.5. The van der Waals surface area contributed by atoms with Crippen LogP contribution in [0.5, 0.6) is 0 Å². The van der Waals surface area contributed by atoms with E-state index in [-0.39, 0.29) is 11.3 Å². The van der Waals surface area contributed by atoms with Crippen LogP contribution in [0.1, 0.15) is 56.5 Å². The lowest BCUT2D eigenvalue weighted by molar-refractivity contribution is -0.126. The summed E-state index contributed by atoms with van der Waals surface area (Å²) in [7, 11) is 0. The van der Waals surface area contributed by atoms with Crippen LogP contribution in [-0.4, -0.2) is 73.1 Å². The predicted molar refractivity (Wildman–Crippen MR) is 112 cm³/mol. The highest BCUT2D eigenvalue weighted by molar-refractivity contribution is 5.91. The molecule has 1 amide bonds. The molecule has 1 aromatic rings. The van der Waals surface area contributed by atoms with Crippen LogP contribution in [0.4, 0.5) is 0 Å². The molecule has 2 atom stereocenters. The Hall–Kier alpha value is -2.02. The summed E-state index contributed by atoms with van der Waals surface area (Å²) in [6, 6.07) is 3.92. The number of nitrogens with zero attached hydrogens (tertiary/aromatic N) is 3. The van der Waals surface area contributed by atoms with Gasteiger partial charge in [0.25, 0.3) is 5.91 Å². The van der Waals surface area contributed by atoms with E-state index >= 15 is 0 Å². The van der Waals surface area contributed by atoms with Gasteiger partial charge in [-0.25, -0.2) is 0 Å². The van der Waals surface area contributed by atoms with Gasteiger partial charge >= 0.3 is 0 Å². The van der Waals surface area contributed by atoms with Gasteiger partial charge in [0.1, 0.15) is 0 Å². The summed E-state index contributed by atoms with van der Waals surface area (Å²) in [6.45, 7) is 8.65. The lowest BCUT2D eigenvalue weighted by atomic mass is 9.60. The molecule has 160 valence electrons. The van der Waals surface area contributed by atoms with Crippen LogP contribution in [0.15, 0.2) is 27.8 Å². The molecule has 1 spiro atoms. The Balaban J connectivity index is 1.37. The van der Waals surface area contributed by atoms with Gasteiger partial charge in [-0.1, -0.05) is 12.8 Å². The van der Waals surface area contributed by atoms with Crippen molar-refractivity contribution < 1.29 is 13.9 Å². The van der Waals surface area contributed by atoms with Crippen molar-refractivity contribution in [3.8, 4) is 0 Å². The summed E-state index contributed by atoms with van der Waals surface area (Å²) in [5.41, 5.74) is 0.279. The summed E-state index contributed by atoms with van der Waals surface area (Å²) < 4.78 is 11.3. The van der Waals surface area contributed by atoms with Crippen LogP contribution in [-0.2, 0) is 4.74 Å². The number of furan rings is 1. The summed E-state index contributed by atoms with van der Waals surface area (Å²) >= 11 is 0. The van der Waals surface area contributed by atoms with E-state index in [9.17, 15) is 4.79 Å². The molecular weight excluding hydrogens is 368 g/mol. The van der Waals surface area contributed by atoms with E-state index in [0.717, 1.165) is 38.6 Å². The van der Waals surface area contributed by atoms with E-state index in [4.69, 9.17) is 14.1 Å². The van der Waals surface area contributed by atoms with Crippen molar-refractivity contribution in [1.29, 1.82) is 0 Å². The van der Waals surface area contributed by atoms with Crippen molar-refractivity contribution in [2.45, 2.75) is 58.1 Å². The van der Waals surface area contributed by atoms with Crippen molar-refractivity contribution in [3.63, 3.8) is 0 Å². The third kappa shape index (κ3) is 3.89. The van der Waals surface area contributed by atoms with E-state index < -0.39 is 0 Å². The second-order valence-corrected chi connectivity index (χ2v) is 8.37. The minimum absolute atomic E-state index is 0.0277.